The first kappa shape index (κ1) is 10.2. The molecule has 2 heteroatoms. The molecule has 0 bridgehead atoms. The van der Waals surface area contributed by atoms with Gasteiger partial charge in [-0.05, 0) is 18.4 Å². The predicted molar refractivity (Wildman–Crippen MR) is 58.4 cm³/mol. The van der Waals surface area contributed by atoms with E-state index in [-0.39, 0.29) is 11.4 Å². The number of aryl methyl sites for hydroxylation is 1. The smallest absolute Gasteiger partial charge is 0.306 e. The van der Waals surface area contributed by atoms with Crippen molar-refractivity contribution in [2.75, 3.05) is 6.61 Å². The molecule has 2 rings (SSSR count). The third-order valence-corrected chi connectivity index (χ3v) is 3.01. The van der Waals surface area contributed by atoms with Gasteiger partial charge in [-0.3, -0.25) is 4.79 Å². The van der Waals surface area contributed by atoms with Crippen molar-refractivity contribution in [3.63, 3.8) is 0 Å². The minimum Gasteiger partial charge on any atom is -0.465 e. The van der Waals surface area contributed by atoms with E-state index in [9.17, 15) is 4.79 Å². The number of hydrogen-bond donors (Lipinski definition) is 0. The molecule has 1 atom stereocenters. The summed E-state index contributed by atoms with van der Waals surface area (Å²) < 4.78 is 5.02. The highest BCUT2D eigenvalue weighted by atomic mass is 16.5. The van der Waals surface area contributed by atoms with Crippen molar-refractivity contribution in [3.8, 4) is 0 Å². The molecule has 0 aromatic heterocycles. The summed E-state index contributed by atoms with van der Waals surface area (Å²) in [5.41, 5.74) is 1.38. The summed E-state index contributed by atoms with van der Waals surface area (Å²) in [6.07, 6.45) is 2.61. The second-order valence-electron chi connectivity index (χ2n) is 4.63. The molecule has 1 aliphatic rings. The average molecular weight is 204 g/mol. The van der Waals surface area contributed by atoms with Crippen LogP contribution >= 0.6 is 0 Å². The van der Waals surface area contributed by atoms with Crippen LogP contribution in [-0.2, 0) is 16.0 Å². The topological polar surface area (TPSA) is 26.3 Å². The second-order valence-corrected chi connectivity index (χ2v) is 4.63. The summed E-state index contributed by atoms with van der Waals surface area (Å²) in [6.45, 7) is 2.71. The molecular formula is C13H16O2. The van der Waals surface area contributed by atoms with Crippen molar-refractivity contribution in [1.29, 1.82) is 0 Å². The molecule has 2 nitrogen and oxygen atoms in total. The third-order valence-electron chi connectivity index (χ3n) is 3.01. The Kier molecular flexibility index (Phi) is 2.76. The normalized spacial score (nSPS) is 25.3. The lowest BCUT2D eigenvalue weighted by atomic mass is 9.83. The van der Waals surface area contributed by atoms with Crippen LogP contribution < -0.4 is 0 Å². The van der Waals surface area contributed by atoms with Gasteiger partial charge < -0.3 is 4.74 Å². The molecule has 0 aliphatic carbocycles. The SMILES string of the molecule is C[C@]1(CCc2ccccc2)COC(=O)C1. The molecule has 1 heterocycles. The van der Waals surface area contributed by atoms with Crippen LogP contribution in [0.5, 0.6) is 0 Å². The van der Waals surface area contributed by atoms with Crippen LogP contribution in [0.1, 0.15) is 25.3 Å². The summed E-state index contributed by atoms with van der Waals surface area (Å²) in [5, 5.41) is 0. The Labute approximate surface area is 90.3 Å². The molecule has 0 spiro atoms. The Morgan fingerprint density at radius 2 is 2.07 bits per heavy atom. The molecule has 0 unspecified atom stereocenters. The number of ether oxygens (including phenoxy) is 1. The molecule has 0 amide bonds. The fourth-order valence-corrected chi connectivity index (χ4v) is 1.96. The first-order valence-corrected chi connectivity index (χ1v) is 5.38. The van der Waals surface area contributed by atoms with Gasteiger partial charge in [-0.2, -0.15) is 0 Å². The first-order chi connectivity index (χ1) is 7.18. The summed E-state index contributed by atoms with van der Waals surface area (Å²) in [7, 11) is 0. The maximum Gasteiger partial charge on any atom is 0.306 e. The fourth-order valence-electron chi connectivity index (χ4n) is 1.96. The molecule has 0 N–H and O–H groups in total. The average Bonchev–Trinajstić information content (AvgIpc) is 2.58. The second kappa shape index (κ2) is 4.05. The number of esters is 1. The van der Waals surface area contributed by atoms with Gasteiger partial charge in [-0.15, -0.1) is 0 Å². The standard InChI is InChI=1S/C13H16O2/c1-13(9-12(14)15-10-13)8-7-11-5-3-2-4-6-11/h2-6H,7-10H2,1H3/t13-/m1/s1. The van der Waals surface area contributed by atoms with Crippen LogP contribution in [0.15, 0.2) is 30.3 Å². The number of hydrogen-bond acceptors (Lipinski definition) is 2. The van der Waals surface area contributed by atoms with Crippen molar-refractivity contribution in [3.05, 3.63) is 35.9 Å². The zero-order valence-corrected chi connectivity index (χ0v) is 9.03. The fraction of sp³-hybridized carbons (Fsp3) is 0.462. The van der Waals surface area contributed by atoms with Gasteiger partial charge in [0.25, 0.3) is 0 Å². The Morgan fingerprint density at radius 3 is 2.67 bits per heavy atom. The number of benzene rings is 1. The van der Waals surface area contributed by atoms with Crippen LogP contribution in [0.3, 0.4) is 0 Å². The van der Waals surface area contributed by atoms with Gasteiger partial charge in [0.1, 0.15) is 0 Å². The van der Waals surface area contributed by atoms with Crippen LogP contribution in [-0.4, -0.2) is 12.6 Å². The monoisotopic (exact) mass is 204 g/mol. The predicted octanol–water partition coefficient (Wildman–Crippen LogP) is 2.57. The molecule has 0 saturated carbocycles. The quantitative estimate of drug-likeness (QED) is 0.707. The van der Waals surface area contributed by atoms with Gasteiger partial charge >= 0.3 is 5.97 Å². The maximum absolute atomic E-state index is 11.0. The molecule has 0 radical (unpaired) electrons. The molecule has 15 heavy (non-hydrogen) atoms. The van der Waals surface area contributed by atoms with Gasteiger partial charge in [0.05, 0.1) is 13.0 Å². The Balaban J connectivity index is 1.91. The summed E-state index contributed by atoms with van der Waals surface area (Å²) >= 11 is 0. The van der Waals surface area contributed by atoms with Gasteiger partial charge in [0.2, 0.25) is 0 Å². The Hall–Kier alpha value is -1.31. The van der Waals surface area contributed by atoms with E-state index in [1.165, 1.54) is 5.56 Å². The van der Waals surface area contributed by atoms with Gasteiger partial charge in [-0.1, -0.05) is 37.3 Å². The van der Waals surface area contributed by atoms with Crippen LogP contribution in [0.2, 0.25) is 0 Å². The number of carbonyl (C=O) groups is 1. The van der Waals surface area contributed by atoms with Crippen molar-refractivity contribution in [2.24, 2.45) is 5.41 Å². The van der Waals surface area contributed by atoms with E-state index >= 15 is 0 Å². The highest BCUT2D eigenvalue weighted by Gasteiger charge is 2.35. The maximum atomic E-state index is 11.0. The Bertz CT molecular complexity index is 345. The van der Waals surface area contributed by atoms with Crippen molar-refractivity contribution >= 4 is 5.97 Å². The Morgan fingerprint density at radius 1 is 1.33 bits per heavy atom. The van der Waals surface area contributed by atoms with E-state index in [0.29, 0.717) is 13.0 Å². The van der Waals surface area contributed by atoms with Crippen LogP contribution in [0.25, 0.3) is 0 Å². The molecular weight excluding hydrogens is 188 g/mol. The minimum atomic E-state index is -0.0504. The number of rotatable bonds is 3. The van der Waals surface area contributed by atoms with Crippen LogP contribution in [0, 0.1) is 5.41 Å². The van der Waals surface area contributed by atoms with Crippen LogP contribution in [0.4, 0.5) is 0 Å². The molecule has 1 aromatic rings. The van der Waals surface area contributed by atoms with E-state index in [0.717, 1.165) is 12.8 Å². The van der Waals surface area contributed by atoms with Gasteiger partial charge in [-0.25, -0.2) is 0 Å². The van der Waals surface area contributed by atoms with E-state index in [2.05, 4.69) is 19.1 Å². The van der Waals surface area contributed by atoms with Gasteiger partial charge in [0, 0.05) is 5.41 Å². The first-order valence-electron chi connectivity index (χ1n) is 5.38. The summed E-state index contributed by atoms with van der Waals surface area (Å²) in [4.78, 5) is 11.0. The van der Waals surface area contributed by atoms with E-state index in [1.807, 2.05) is 18.2 Å². The molecule has 80 valence electrons. The largest absolute Gasteiger partial charge is 0.465 e. The molecule has 1 fully saturated rings. The van der Waals surface area contributed by atoms with Crippen molar-refractivity contribution in [1.82, 2.24) is 0 Å². The lowest BCUT2D eigenvalue weighted by Gasteiger charge is -2.19. The summed E-state index contributed by atoms with van der Waals surface area (Å²) in [5.74, 6) is -0.0504. The van der Waals surface area contributed by atoms with E-state index in [4.69, 9.17) is 4.74 Å². The molecule has 1 aliphatic heterocycles. The highest BCUT2D eigenvalue weighted by molar-refractivity contribution is 5.72. The van der Waals surface area contributed by atoms with Crippen molar-refractivity contribution in [2.45, 2.75) is 26.2 Å². The third kappa shape index (κ3) is 2.58. The molecule has 1 aromatic carbocycles. The lowest BCUT2D eigenvalue weighted by Crippen LogP contribution is -2.17. The minimum absolute atomic E-state index is 0.0485. The van der Waals surface area contributed by atoms with Crippen molar-refractivity contribution < 1.29 is 9.53 Å². The summed E-state index contributed by atoms with van der Waals surface area (Å²) in [6, 6.07) is 10.4. The zero-order valence-electron chi connectivity index (χ0n) is 9.03. The zero-order chi connectivity index (χ0) is 10.7. The van der Waals surface area contributed by atoms with E-state index < -0.39 is 0 Å². The molecule has 1 saturated heterocycles. The van der Waals surface area contributed by atoms with E-state index in [1.54, 1.807) is 0 Å². The number of carbonyl (C=O) groups excluding carboxylic acids is 1. The highest BCUT2D eigenvalue weighted by Crippen LogP contribution is 2.33. The van der Waals surface area contributed by atoms with Gasteiger partial charge in [0.15, 0.2) is 0 Å². The lowest BCUT2D eigenvalue weighted by molar-refractivity contribution is -0.137. The number of cyclic esters (lactones) is 1.